The van der Waals surface area contributed by atoms with Crippen LogP contribution in [0.1, 0.15) is 0 Å². The highest BCUT2D eigenvalue weighted by molar-refractivity contribution is 8.14. The van der Waals surface area contributed by atoms with Gasteiger partial charge in [-0.25, -0.2) is 8.42 Å². The van der Waals surface area contributed by atoms with Gasteiger partial charge in [-0.2, -0.15) is 0 Å². The van der Waals surface area contributed by atoms with Crippen molar-refractivity contribution < 1.29 is 13.2 Å². The normalized spacial score (nSPS) is 12.7. The molecule has 0 fully saturated rings. The lowest BCUT2D eigenvalue weighted by Crippen LogP contribution is -2.00. The van der Waals surface area contributed by atoms with Crippen molar-refractivity contribution in [1.82, 2.24) is 4.98 Å². The summed E-state index contributed by atoms with van der Waals surface area (Å²) >= 11 is 11.2. The van der Waals surface area contributed by atoms with Crippen molar-refractivity contribution in [3.05, 3.63) is 41.0 Å². The summed E-state index contributed by atoms with van der Waals surface area (Å²) in [7, 11) is 1.53. The van der Waals surface area contributed by atoms with Crippen LogP contribution in [0.25, 0.3) is 10.9 Å². The number of nitrogens with zero attached hydrogens (tertiary/aromatic N) is 1. The van der Waals surface area contributed by atoms with Crippen LogP contribution in [0.4, 0.5) is 0 Å². The Morgan fingerprint density at radius 2 is 2.10 bits per heavy atom. The van der Waals surface area contributed by atoms with E-state index in [1.54, 1.807) is 12.1 Å². The molecule has 0 spiro atoms. The summed E-state index contributed by atoms with van der Waals surface area (Å²) in [6.07, 6.45) is 1.53. The van der Waals surface area contributed by atoms with Gasteiger partial charge in [0.25, 0.3) is 9.05 Å². The van der Waals surface area contributed by atoms with E-state index < -0.39 is 9.05 Å². The average molecular weight is 353 g/mol. The highest BCUT2D eigenvalue weighted by Gasteiger charge is 2.17. The smallest absolute Gasteiger partial charge is 0.261 e. The number of fused-ring (bicyclic) bond motifs is 1. The summed E-state index contributed by atoms with van der Waals surface area (Å²) in [6, 6.07) is 6.05. The first-order chi connectivity index (χ1) is 9.43. The minimum Gasteiger partial charge on any atom is -0.486 e. The van der Waals surface area contributed by atoms with Crippen molar-refractivity contribution in [2.24, 2.45) is 0 Å². The van der Waals surface area contributed by atoms with Gasteiger partial charge in [-0.3, -0.25) is 4.98 Å². The number of halogens is 3. The van der Waals surface area contributed by atoms with Gasteiger partial charge < -0.3 is 4.74 Å². The molecule has 8 heteroatoms. The van der Waals surface area contributed by atoms with E-state index in [4.69, 9.17) is 38.6 Å². The first-order valence-corrected chi connectivity index (χ1v) is 8.46. The van der Waals surface area contributed by atoms with E-state index in [9.17, 15) is 8.42 Å². The molecular formula is C12H8Cl3NO3S. The molecule has 4 nitrogen and oxygen atoms in total. The Balaban J connectivity index is 2.55. The highest BCUT2D eigenvalue weighted by atomic mass is 35.7. The van der Waals surface area contributed by atoms with Crippen molar-refractivity contribution in [1.29, 1.82) is 0 Å². The average Bonchev–Trinajstić information content (AvgIpc) is 2.43. The van der Waals surface area contributed by atoms with Crippen LogP contribution in [0.3, 0.4) is 0 Å². The van der Waals surface area contributed by atoms with Gasteiger partial charge in [0.05, 0.1) is 9.93 Å². The first-order valence-electron chi connectivity index (χ1n) is 5.33. The van der Waals surface area contributed by atoms with Gasteiger partial charge >= 0.3 is 0 Å². The number of pyridine rings is 1. The number of hydrogen-bond acceptors (Lipinski definition) is 4. The summed E-state index contributed by atoms with van der Waals surface area (Å²) in [6.45, 7) is 0.0592. The SMILES string of the molecule is O=S(=O)(Cl)c1ccc(OC/C(Cl)=C\Cl)c2ncccc12. The van der Waals surface area contributed by atoms with Gasteiger partial charge in [0.2, 0.25) is 0 Å². The molecule has 0 bridgehead atoms. The first kappa shape index (κ1) is 15.4. The van der Waals surface area contributed by atoms with E-state index in [-0.39, 0.29) is 11.5 Å². The Kier molecular flexibility index (Phi) is 4.75. The standard InChI is InChI=1S/C12H8Cl3NO3S/c13-6-8(14)7-19-10-3-4-11(20(15,17)18)9-2-1-5-16-12(9)10/h1-6H,7H2/b8-6+. The molecule has 1 heterocycles. The molecule has 2 aromatic rings. The third-order valence-electron chi connectivity index (χ3n) is 2.44. The number of rotatable bonds is 4. The largest absolute Gasteiger partial charge is 0.486 e. The van der Waals surface area contributed by atoms with Crippen molar-refractivity contribution in [3.8, 4) is 5.75 Å². The molecule has 0 N–H and O–H groups in total. The minimum atomic E-state index is -3.86. The third kappa shape index (κ3) is 3.35. The van der Waals surface area contributed by atoms with Gasteiger partial charge in [-0.05, 0) is 24.3 Å². The second-order valence-electron chi connectivity index (χ2n) is 3.74. The number of ether oxygens (including phenoxy) is 1. The van der Waals surface area contributed by atoms with Gasteiger partial charge in [0.15, 0.2) is 0 Å². The van der Waals surface area contributed by atoms with Crippen molar-refractivity contribution in [3.63, 3.8) is 0 Å². The second-order valence-corrected chi connectivity index (χ2v) is 6.98. The summed E-state index contributed by atoms with van der Waals surface area (Å²) in [5.41, 5.74) is 1.57. The monoisotopic (exact) mass is 351 g/mol. The molecule has 1 aromatic carbocycles. The van der Waals surface area contributed by atoms with E-state index in [1.807, 2.05) is 0 Å². The minimum absolute atomic E-state index is 0.0198. The molecule has 0 amide bonds. The lowest BCUT2D eigenvalue weighted by Gasteiger charge is -2.09. The predicted octanol–water partition coefficient (Wildman–Crippen LogP) is 3.86. The van der Waals surface area contributed by atoms with Gasteiger partial charge in [-0.15, -0.1) is 0 Å². The fourth-order valence-electron chi connectivity index (χ4n) is 1.63. The van der Waals surface area contributed by atoms with Gasteiger partial charge in [0, 0.05) is 27.8 Å². The highest BCUT2D eigenvalue weighted by Crippen LogP contribution is 2.31. The molecule has 0 unspecified atom stereocenters. The van der Waals surface area contributed by atoms with Crippen LogP contribution in [0.15, 0.2) is 45.9 Å². The van der Waals surface area contributed by atoms with E-state index in [0.717, 1.165) is 0 Å². The van der Waals surface area contributed by atoms with E-state index >= 15 is 0 Å². The van der Waals surface area contributed by atoms with Crippen LogP contribution < -0.4 is 4.74 Å². The molecule has 106 valence electrons. The summed E-state index contributed by atoms with van der Waals surface area (Å²) in [5, 5.41) is 0.691. The van der Waals surface area contributed by atoms with Crippen molar-refractivity contribution >= 4 is 53.8 Å². The van der Waals surface area contributed by atoms with Crippen molar-refractivity contribution in [2.75, 3.05) is 6.61 Å². The van der Waals surface area contributed by atoms with E-state index in [1.165, 1.54) is 23.9 Å². The summed E-state index contributed by atoms with van der Waals surface area (Å²) < 4.78 is 28.5. The maximum atomic E-state index is 11.5. The van der Waals surface area contributed by atoms with E-state index in [2.05, 4.69) is 4.98 Å². The molecule has 2 rings (SSSR count). The molecule has 0 radical (unpaired) electrons. The van der Waals surface area contributed by atoms with Gasteiger partial charge in [0.1, 0.15) is 17.9 Å². The predicted molar refractivity (Wildman–Crippen MR) is 80.1 cm³/mol. The number of aromatic nitrogens is 1. The van der Waals surface area contributed by atoms with Crippen LogP contribution in [0, 0.1) is 0 Å². The molecule has 1 aromatic heterocycles. The lowest BCUT2D eigenvalue weighted by atomic mass is 10.2. The fourth-order valence-corrected chi connectivity index (χ4v) is 2.81. The quantitative estimate of drug-likeness (QED) is 0.784. The topological polar surface area (TPSA) is 56.3 Å². The Morgan fingerprint density at radius 1 is 1.35 bits per heavy atom. The van der Waals surface area contributed by atoms with E-state index in [0.29, 0.717) is 21.7 Å². The van der Waals surface area contributed by atoms with Gasteiger partial charge in [-0.1, -0.05) is 23.2 Å². The zero-order valence-electron chi connectivity index (χ0n) is 9.89. The molecule has 0 aliphatic heterocycles. The maximum absolute atomic E-state index is 11.5. The Morgan fingerprint density at radius 3 is 2.75 bits per heavy atom. The Bertz CT molecular complexity index is 775. The fraction of sp³-hybridized carbons (Fsp3) is 0.0833. The molecule has 0 aliphatic carbocycles. The maximum Gasteiger partial charge on any atom is 0.261 e. The zero-order valence-corrected chi connectivity index (χ0v) is 13.0. The number of hydrogen-bond donors (Lipinski definition) is 0. The summed E-state index contributed by atoms with van der Waals surface area (Å²) in [4.78, 5) is 4.10. The van der Waals surface area contributed by atoms with Crippen molar-refractivity contribution in [2.45, 2.75) is 4.90 Å². The Labute approximate surface area is 130 Å². The molecule has 0 aliphatic rings. The number of benzene rings is 1. The molecule has 0 saturated heterocycles. The zero-order chi connectivity index (χ0) is 14.8. The Hall–Kier alpha value is -1.01. The molecule has 20 heavy (non-hydrogen) atoms. The molecule has 0 atom stereocenters. The van der Waals surface area contributed by atoms with Crippen LogP contribution in [0.5, 0.6) is 5.75 Å². The third-order valence-corrected chi connectivity index (χ3v) is 4.41. The van der Waals surface area contributed by atoms with Crippen LogP contribution >= 0.6 is 33.9 Å². The van der Waals surface area contributed by atoms with Crippen LogP contribution in [0.2, 0.25) is 0 Å². The summed E-state index contributed by atoms with van der Waals surface area (Å²) in [5.74, 6) is 0.390. The lowest BCUT2D eigenvalue weighted by molar-refractivity contribution is 0.363. The van der Waals surface area contributed by atoms with Crippen LogP contribution in [-0.4, -0.2) is 20.0 Å². The molecule has 0 saturated carbocycles. The molecular weight excluding hydrogens is 345 g/mol. The van der Waals surface area contributed by atoms with Crippen LogP contribution in [-0.2, 0) is 9.05 Å². The second kappa shape index (κ2) is 6.18.